The first-order valence-electron chi connectivity index (χ1n) is 6.63. The van der Waals surface area contributed by atoms with E-state index < -0.39 is 47.7 Å². The van der Waals surface area contributed by atoms with Gasteiger partial charge in [-0.1, -0.05) is 42.1 Å². The van der Waals surface area contributed by atoms with Crippen LogP contribution < -0.4 is 0 Å². The molecule has 11 heteroatoms. The normalized spacial score (nSPS) is 15.7. The van der Waals surface area contributed by atoms with Crippen molar-refractivity contribution in [3.63, 3.8) is 0 Å². The van der Waals surface area contributed by atoms with Crippen molar-refractivity contribution in [1.29, 1.82) is 0 Å². The molecule has 1 aromatic carbocycles. The molecule has 1 rings (SSSR count). The third-order valence-corrected chi connectivity index (χ3v) is 3.97. The van der Waals surface area contributed by atoms with Gasteiger partial charge in [0.2, 0.25) is 17.5 Å². The van der Waals surface area contributed by atoms with Crippen molar-refractivity contribution >= 4 is 16.9 Å². The number of alkyl halides is 9. The molecule has 0 bridgehead atoms. The van der Waals surface area contributed by atoms with Crippen LogP contribution in [0.25, 0.3) is 0 Å². The van der Waals surface area contributed by atoms with Crippen LogP contribution in [0.5, 0.6) is 0 Å². The van der Waals surface area contributed by atoms with Gasteiger partial charge in [-0.15, -0.1) is 0 Å². The molecule has 2 atom stereocenters. The Morgan fingerprint density at radius 2 is 1.44 bits per heavy atom. The Morgan fingerprint density at radius 1 is 0.920 bits per heavy atom. The molecule has 1 aromatic rings. The highest BCUT2D eigenvalue weighted by Crippen LogP contribution is 2.45. The first kappa shape index (κ1) is 21.7. The average molecular weight is 398 g/mol. The van der Waals surface area contributed by atoms with E-state index in [2.05, 4.69) is 0 Å². The Kier molecular flexibility index (Phi) is 6.82. The molecule has 0 heterocycles. The van der Waals surface area contributed by atoms with E-state index in [1.54, 1.807) is 6.07 Å². The van der Waals surface area contributed by atoms with Gasteiger partial charge in [0.1, 0.15) is 0 Å². The maximum absolute atomic E-state index is 13.4. The van der Waals surface area contributed by atoms with Crippen molar-refractivity contribution in [2.75, 3.05) is 5.75 Å². The summed E-state index contributed by atoms with van der Waals surface area (Å²) in [6.45, 7) is 0. The zero-order chi connectivity index (χ0) is 19.5. The van der Waals surface area contributed by atoms with Crippen LogP contribution in [0.4, 0.5) is 39.5 Å². The van der Waals surface area contributed by atoms with Gasteiger partial charge < -0.3 is 0 Å². The number of rotatable bonds is 7. The van der Waals surface area contributed by atoms with E-state index in [1.807, 2.05) is 0 Å². The van der Waals surface area contributed by atoms with Gasteiger partial charge in [-0.3, -0.25) is 4.79 Å². The van der Waals surface area contributed by atoms with Gasteiger partial charge in [0.05, 0.1) is 0 Å². The summed E-state index contributed by atoms with van der Waals surface area (Å²) < 4.78 is 115. The Morgan fingerprint density at radius 3 is 1.92 bits per heavy atom. The third-order valence-electron chi connectivity index (χ3n) is 3.06. The van der Waals surface area contributed by atoms with E-state index in [1.165, 1.54) is 24.3 Å². The van der Waals surface area contributed by atoms with E-state index in [0.29, 0.717) is 0 Å². The smallest absolute Gasteiger partial charge is 0.282 e. The summed E-state index contributed by atoms with van der Waals surface area (Å²) in [6, 6.07) is 7.14. The lowest BCUT2D eigenvalue weighted by Crippen LogP contribution is -2.54. The molecule has 0 radical (unpaired) electrons. The molecule has 0 fully saturated rings. The molecule has 0 saturated carbocycles. The fourth-order valence-electron chi connectivity index (χ4n) is 1.65. The van der Waals surface area contributed by atoms with Gasteiger partial charge in [-0.2, -0.15) is 30.7 Å². The van der Waals surface area contributed by atoms with Gasteiger partial charge >= 0.3 is 18.0 Å². The number of hydrogen-bond donors (Lipinski definition) is 0. The lowest BCUT2D eigenvalue weighted by atomic mass is 10.0. The summed E-state index contributed by atoms with van der Waals surface area (Å²) >= 11 is 0.207. The predicted molar refractivity (Wildman–Crippen MR) is 73.6 cm³/mol. The molecule has 0 spiro atoms. The molecule has 0 aromatic heterocycles. The van der Waals surface area contributed by atoms with Crippen LogP contribution in [-0.4, -0.2) is 41.2 Å². The fourth-order valence-corrected chi connectivity index (χ4v) is 2.49. The van der Waals surface area contributed by atoms with Crippen molar-refractivity contribution in [2.45, 2.75) is 36.8 Å². The van der Waals surface area contributed by atoms with E-state index in [4.69, 9.17) is 0 Å². The van der Waals surface area contributed by atoms with Crippen molar-refractivity contribution in [2.24, 2.45) is 0 Å². The minimum atomic E-state index is -6.04. The highest BCUT2D eigenvalue weighted by Gasteiger charge is 2.67. The fraction of sp³-hybridized carbons (Fsp3) is 0.500. The van der Waals surface area contributed by atoms with Crippen LogP contribution in [0.1, 0.15) is 16.8 Å². The zero-order valence-corrected chi connectivity index (χ0v) is 13.0. The largest absolute Gasteiger partial charge is 0.422 e. The van der Waals surface area contributed by atoms with Gasteiger partial charge in [-0.25, -0.2) is 8.78 Å². The summed E-state index contributed by atoms with van der Waals surface area (Å²) in [7, 11) is 0. The highest BCUT2D eigenvalue weighted by molar-refractivity contribution is 8.14. The van der Waals surface area contributed by atoms with Gasteiger partial charge in [0.15, 0.2) is 0 Å². The summed E-state index contributed by atoms with van der Waals surface area (Å²) in [5.41, 5.74) is 0.0897. The number of carbonyl (C=O) groups is 1. The second-order valence-corrected chi connectivity index (χ2v) is 5.99. The van der Waals surface area contributed by atoms with Crippen LogP contribution in [0.3, 0.4) is 0 Å². The second kappa shape index (κ2) is 7.88. The number of benzene rings is 1. The first-order chi connectivity index (χ1) is 11.3. The van der Waals surface area contributed by atoms with Crippen molar-refractivity contribution in [3.05, 3.63) is 35.9 Å². The standard InChI is InChI=1S/C14H11F9OS/c15-9(10(16)14(21,22)23)13(19,20)12(17,18)6-7-25-11(24)8-4-2-1-3-5-8/h1-5,9-10H,6-7H2. The van der Waals surface area contributed by atoms with Gasteiger partial charge in [0, 0.05) is 17.7 Å². The van der Waals surface area contributed by atoms with E-state index in [-0.39, 0.29) is 17.3 Å². The minimum absolute atomic E-state index is 0.0897. The molecule has 1 nitrogen and oxygen atoms in total. The second-order valence-electron chi connectivity index (χ2n) is 4.92. The molecule has 0 saturated heterocycles. The van der Waals surface area contributed by atoms with Crippen LogP contribution >= 0.6 is 11.8 Å². The van der Waals surface area contributed by atoms with Gasteiger partial charge in [0.25, 0.3) is 0 Å². The summed E-state index contributed by atoms with van der Waals surface area (Å²) in [4.78, 5) is 11.6. The lowest BCUT2D eigenvalue weighted by Gasteiger charge is -2.30. The molecule has 0 aliphatic carbocycles. The topological polar surface area (TPSA) is 17.1 Å². The van der Waals surface area contributed by atoms with E-state index in [0.717, 1.165) is 0 Å². The van der Waals surface area contributed by atoms with Crippen LogP contribution in [-0.2, 0) is 0 Å². The van der Waals surface area contributed by atoms with E-state index >= 15 is 0 Å². The SMILES string of the molecule is O=C(SCCC(F)(F)C(F)(F)C(F)C(F)C(F)(F)F)c1ccccc1. The third kappa shape index (κ3) is 5.29. The maximum Gasteiger partial charge on any atom is 0.422 e. The Labute approximate surface area is 140 Å². The van der Waals surface area contributed by atoms with Crippen LogP contribution in [0.15, 0.2) is 30.3 Å². The van der Waals surface area contributed by atoms with Crippen molar-refractivity contribution < 1.29 is 44.3 Å². The summed E-state index contributed by atoms with van der Waals surface area (Å²) in [5.74, 6) is -12.1. The quantitative estimate of drug-likeness (QED) is 0.568. The predicted octanol–water partition coefficient (Wildman–Crippen LogP) is 5.46. The van der Waals surface area contributed by atoms with Gasteiger partial charge in [-0.05, 0) is 0 Å². The summed E-state index contributed by atoms with van der Waals surface area (Å²) in [6.07, 6.45) is -17.4. The van der Waals surface area contributed by atoms with Crippen LogP contribution in [0, 0.1) is 0 Å². The monoisotopic (exact) mass is 398 g/mol. The van der Waals surface area contributed by atoms with Crippen molar-refractivity contribution in [3.8, 4) is 0 Å². The number of hydrogen-bond acceptors (Lipinski definition) is 2. The highest BCUT2D eigenvalue weighted by atomic mass is 32.2. The molecule has 0 amide bonds. The van der Waals surface area contributed by atoms with Crippen molar-refractivity contribution in [1.82, 2.24) is 0 Å². The molecular formula is C14H11F9OS. The molecule has 142 valence electrons. The molecular weight excluding hydrogens is 387 g/mol. The van der Waals surface area contributed by atoms with Crippen LogP contribution in [0.2, 0.25) is 0 Å². The molecule has 0 aliphatic rings. The number of halogens is 9. The zero-order valence-electron chi connectivity index (χ0n) is 12.2. The Balaban J connectivity index is 2.71. The Hall–Kier alpha value is -1.39. The lowest BCUT2D eigenvalue weighted by molar-refractivity contribution is -0.280. The summed E-state index contributed by atoms with van der Waals surface area (Å²) in [5, 5.41) is -0.741. The molecule has 0 N–H and O–H groups in total. The molecule has 2 unspecified atom stereocenters. The minimum Gasteiger partial charge on any atom is -0.282 e. The van der Waals surface area contributed by atoms with E-state index in [9.17, 15) is 44.3 Å². The Bertz CT molecular complexity index is 573. The maximum atomic E-state index is 13.4. The molecule has 0 aliphatic heterocycles. The molecule has 25 heavy (non-hydrogen) atoms. The number of carbonyl (C=O) groups excluding carboxylic acids is 1. The number of thioether (sulfide) groups is 1. The first-order valence-corrected chi connectivity index (χ1v) is 7.62. The average Bonchev–Trinajstić information content (AvgIpc) is 2.52.